The van der Waals surface area contributed by atoms with E-state index >= 15 is 0 Å². The van der Waals surface area contributed by atoms with Gasteiger partial charge in [-0.05, 0) is 0 Å². The smallest absolute Gasteiger partial charge is 3.00 e. The van der Waals surface area contributed by atoms with Crippen molar-refractivity contribution in [1.82, 2.24) is 0 Å². The van der Waals surface area contributed by atoms with Crippen molar-refractivity contribution >= 4 is 0 Å². The molecule has 3 radical (unpaired) electrons. The second-order valence-electron chi connectivity index (χ2n) is 0. The van der Waals surface area contributed by atoms with E-state index in [0.717, 1.165) is 0 Å². The average molecular weight is 431 g/mol. The molecule has 0 bridgehead atoms. The quantitative estimate of drug-likeness (QED) is 0.512. The predicted octanol–water partition coefficient (Wildman–Crippen LogP) is 1.14. The van der Waals surface area contributed by atoms with Gasteiger partial charge < -0.3 is 24.6 Å². The minimum atomic E-state index is 0. The summed E-state index contributed by atoms with van der Waals surface area (Å²) >= 11 is 0. The fourth-order valence-electron chi connectivity index (χ4n) is 0. The third kappa shape index (κ3) is 93.3. The Morgan fingerprint density at radius 1 is 0.375 bits per heavy atom. The molecule has 59 valence electrons. The molecule has 0 saturated carbocycles. The Morgan fingerprint density at radius 2 is 0.375 bits per heavy atom. The van der Waals surface area contributed by atoms with Gasteiger partial charge in [0, 0.05) is 0 Å². The third-order valence-electron chi connectivity index (χ3n) is 0. The molecule has 0 spiro atoms. The minimum Gasteiger partial charge on any atom is -3.00 e. The van der Waals surface area contributed by atoms with E-state index < -0.39 is 0 Å². The van der Waals surface area contributed by atoms with E-state index in [-0.39, 0.29) is 96.9 Å². The normalized spacial score (nSPS) is 0. The van der Waals surface area contributed by atoms with Crippen LogP contribution in [-0.2, 0) is 72.3 Å². The molecule has 0 rings (SSSR count). The molecule has 0 aliphatic rings. The van der Waals surface area contributed by atoms with Crippen molar-refractivity contribution in [2.45, 2.75) is 0 Å². The van der Waals surface area contributed by atoms with Gasteiger partial charge in [-0.2, -0.15) is 0 Å². The molecular formula is Cu3N4W. The van der Waals surface area contributed by atoms with Crippen molar-refractivity contribution < 1.29 is 72.3 Å². The Morgan fingerprint density at radius 3 is 0.375 bits per heavy atom. The molecule has 0 atom stereocenters. The van der Waals surface area contributed by atoms with Crippen LogP contribution in [0.2, 0.25) is 0 Å². The largest absolute Gasteiger partial charge is 6.00 e. The van der Waals surface area contributed by atoms with Gasteiger partial charge in [-0.25, -0.2) is 0 Å². The van der Waals surface area contributed by atoms with Crippen LogP contribution in [0.25, 0.3) is 24.6 Å². The molecule has 0 aromatic rings. The van der Waals surface area contributed by atoms with Crippen LogP contribution < -0.4 is 0 Å². The van der Waals surface area contributed by atoms with Crippen LogP contribution in [0.5, 0.6) is 0 Å². The van der Waals surface area contributed by atoms with E-state index in [2.05, 4.69) is 0 Å². The molecule has 0 fully saturated rings. The molecule has 0 aliphatic carbocycles. The number of hydrogen-bond acceptors (Lipinski definition) is 0. The van der Waals surface area contributed by atoms with Crippen LogP contribution >= 0.6 is 0 Å². The van der Waals surface area contributed by atoms with Gasteiger partial charge in [0.05, 0.1) is 0 Å². The molecule has 8 heavy (non-hydrogen) atoms. The summed E-state index contributed by atoms with van der Waals surface area (Å²) in [5.74, 6) is 0. The summed E-state index contributed by atoms with van der Waals surface area (Å²) < 4.78 is 0. The summed E-state index contributed by atoms with van der Waals surface area (Å²) in [6.45, 7) is 0. The first-order valence-electron chi connectivity index (χ1n) is 0. The first-order valence-corrected chi connectivity index (χ1v) is 0. The van der Waals surface area contributed by atoms with Crippen molar-refractivity contribution in [2.75, 3.05) is 0 Å². The molecular weight excluding hydrogens is 431 g/mol. The number of rotatable bonds is 0. The monoisotopic (exact) mass is 429 g/mol. The first-order chi connectivity index (χ1) is 0. The fourth-order valence-corrected chi connectivity index (χ4v) is 0. The van der Waals surface area contributed by atoms with Gasteiger partial charge in [-0.3, -0.25) is 0 Å². The average Bonchev–Trinajstić information content (AvgIpc) is 0. The topological polar surface area (TPSA) is 122 Å². The molecule has 0 aliphatic heterocycles. The van der Waals surface area contributed by atoms with Gasteiger partial charge in [-0.1, -0.05) is 0 Å². The summed E-state index contributed by atoms with van der Waals surface area (Å²) in [6, 6.07) is 0. The molecule has 0 heterocycles. The second-order valence-corrected chi connectivity index (χ2v) is 0. The maximum absolute atomic E-state index is 0. The van der Waals surface area contributed by atoms with Crippen LogP contribution in [0, 0.1) is 0 Å². The summed E-state index contributed by atoms with van der Waals surface area (Å²) in [4.78, 5) is 0. The summed E-state index contributed by atoms with van der Waals surface area (Å²) in [5, 5.41) is 0. The molecule has 0 aromatic carbocycles. The van der Waals surface area contributed by atoms with Gasteiger partial charge >= 0.3 is 72.3 Å². The van der Waals surface area contributed by atoms with Crippen molar-refractivity contribution in [3.8, 4) is 0 Å². The first kappa shape index (κ1) is 191. The Labute approximate surface area is 96.1 Å². The van der Waals surface area contributed by atoms with E-state index in [1.807, 2.05) is 0 Å². The number of hydrogen-bond donors (Lipinski definition) is 0. The summed E-state index contributed by atoms with van der Waals surface area (Å²) in [5.41, 5.74) is 0. The van der Waals surface area contributed by atoms with Crippen LogP contribution in [-0.4, -0.2) is 0 Å². The van der Waals surface area contributed by atoms with Crippen molar-refractivity contribution in [1.29, 1.82) is 0 Å². The van der Waals surface area contributed by atoms with Gasteiger partial charge in [0.1, 0.15) is 0 Å². The summed E-state index contributed by atoms with van der Waals surface area (Å²) in [7, 11) is 0. The zero-order valence-electron chi connectivity index (χ0n) is 3.10. The van der Waals surface area contributed by atoms with Crippen molar-refractivity contribution in [2.24, 2.45) is 0 Å². The van der Waals surface area contributed by atoms with Crippen LogP contribution in [0.15, 0.2) is 0 Å². The Hall–Kier alpha value is 2.09. The van der Waals surface area contributed by atoms with Crippen LogP contribution in [0.3, 0.4) is 0 Å². The minimum absolute atomic E-state index is 0. The summed E-state index contributed by atoms with van der Waals surface area (Å²) in [6.07, 6.45) is 0. The molecule has 0 unspecified atom stereocenters. The van der Waals surface area contributed by atoms with E-state index in [1.165, 1.54) is 0 Å². The molecule has 0 saturated heterocycles. The maximum Gasteiger partial charge on any atom is 6.00 e. The fraction of sp³-hybridized carbons (Fsp3) is 0. The van der Waals surface area contributed by atoms with E-state index in [1.54, 1.807) is 0 Å². The molecule has 0 amide bonds. The Bertz CT molecular complexity index is 11.2. The molecule has 4 nitrogen and oxygen atoms in total. The van der Waals surface area contributed by atoms with E-state index in [4.69, 9.17) is 0 Å². The van der Waals surface area contributed by atoms with Crippen molar-refractivity contribution in [3.05, 3.63) is 24.6 Å². The zero-order chi connectivity index (χ0) is 0. The molecule has 8 heteroatoms. The van der Waals surface area contributed by atoms with Gasteiger partial charge in [0.15, 0.2) is 0 Å². The number of nitrogens with zero attached hydrogens (tertiary/aromatic N) is 4. The second kappa shape index (κ2) is 136. The maximum atomic E-state index is 0. The van der Waals surface area contributed by atoms with Gasteiger partial charge in [0.25, 0.3) is 0 Å². The van der Waals surface area contributed by atoms with E-state index in [0.29, 0.717) is 0 Å². The molecule has 0 N–H and O–H groups in total. The van der Waals surface area contributed by atoms with Gasteiger partial charge in [0.2, 0.25) is 0 Å². The van der Waals surface area contributed by atoms with Crippen LogP contribution in [0.1, 0.15) is 0 Å². The molecule has 0 aromatic heterocycles. The Balaban J connectivity index is 0. The SMILES string of the molecule is [Cu+2].[Cu+2].[Cu+2].[N-3].[N-3].[N-3].[N-3].[W+6]. The zero-order valence-corrected chi connectivity index (χ0v) is 8.86. The van der Waals surface area contributed by atoms with Crippen LogP contribution in [0.4, 0.5) is 0 Å². The Kier molecular flexibility index (Phi) is 3260. The van der Waals surface area contributed by atoms with Crippen molar-refractivity contribution in [3.63, 3.8) is 0 Å². The van der Waals surface area contributed by atoms with E-state index in [9.17, 15) is 0 Å². The third-order valence-corrected chi connectivity index (χ3v) is 0. The standard InChI is InChI=1S/3Cu.4N.W/q3*+2;4*-3;+6. The van der Waals surface area contributed by atoms with Gasteiger partial charge in [-0.15, -0.1) is 0 Å². The predicted molar refractivity (Wildman–Crippen MR) is 13.4 cm³/mol.